The Balaban J connectivity index is 0. The third-order valence-electron chi connectivity index (χ3n) is 0. The fraction of sp³-hybridized carbons (Fsp3) is 0. The first-order valence-electron chi connectivity index (χ1n) is 0. The van der Waals surface area contributed by atoms with Crippen LogP contribution in [0, 0.1) is 0 Å². The van der Waals surface area contributed by atoms with Gasteiger partial charge in [-0.2, -0.15) is 0 Å². The zero-order valence-corrected chi connectivity index (χ0v) is 3.12. The van der Waals surface area contributed by atoms with E-state index in [1.165, 1.54) is 0 Å². The van der Waals surface area contributed by atoms with Crippen molar-refractivity contribution in [3.8, 4) is 0 Å². The summed E-state index contributed by atoms with van der Waals surface area (Å²) < 4.78 is 0. The average molecular weight is 256 g/mol. The van der Waals surface area contributed by atoms with Gasteiger partial charge in [-0.1, -0.05) is 0 Å². The molecule has 4 N–H and O–H groups in total. The van der Waals surface area contributed by atoms with E-state index in [0.29, 0.717) is 0 Å². The van der Waals surface area contributed by atoms with Crippen molar-refractivity contribution in [2.45, 2.75) is 0 Å². The van der Waals surface area contributed by atoms with Crippen LogP contribution in [0.4, 0.5) is 0 Å². The Morgan fingerprint density at radius 1 is 0.750 bits per heavy atom. The number of hydrogen-bond acceptors (Lipinski definition) is 0. The van der Waals surface area contributed by atoms with E-state index in [1.807, 2.05) is 0 Å². The van der Waals surface area contributed by atoms with Crippen LogP contribution in [0.2, 0.25) is 0 Å². The number of hydrogen-bond donors (Lipinski definition) is 0. The van der Waals surface area contributed by atoms with Gasteiger partial charge in [-0.3, -0.25) is 0 Å². The molecule has 0 aromatic rings. The molecule has 0 bridgehead atoms. The molecule has 0 aromatic heterocycles. The molecule has 0 spiro atoms. The average Bonchev–Trinajstić information content (AvgIpc) is 0. The molecule has 0 heterocycles. The van der Waals surface area contributed by atoms with E-state index in [0.717, 1.165) is 0 Å². The van der Waals surface area contributed by atoms with E-state index in [-0.39, 0.29) is 76.8 Å². The maximum absolute atomic E-state index is 0. The Kier molecular flexibility index (Phi) is 192. The number of halogens is 1. The van der Waals surface area contributed by atoms with Crippen molar-refractivity contribution >= 4 is 65.9 Å². The van der Waals surface area contributed by atoms with Gasteiger partial charge in [0.1, 0.15) is 0 Å². The molecule has 2 nitrogen and oxygen atoms in total. The van der Waals surface area contributed by atoms with E-state index < -0.39 is 0 Å². The molecule has 0 aliphatic rings. The predicted octanol–water partition coefficient (Wildman–Crippen LogP) is -1.99. The summed E-state index contributed by atoms with van der Waals surface area (Å²) in [6, 6.07) is 0. The first-order chi connectivity index (χ1) is 0. The first-order valence-corrected chi connectivity index (χ1v) is 0. The molecule has 0 aliphatic heterocycles. The summed E-state index contributed by atoms with van der Waals surface area (Å²) in [5.74, 6) is 0. The molecule has 0 aromatic carbocycles. The van der Waals surface area contributed by atoms with Gasteiger partial charge in [-0.05, 0) is 0 Å². The molecular formula is H7BaBrO2. The molecule has 0 radical (unpaired) electrons. The third kappa shape index (κ3) is 9.02. The summed E-state index contributed by atoms with van der Waals surface area (Å²) in [7, 11) is 0. The SMILES string of the molecule is Br.O.O.[BaH2]. The Morgan fingerprint density at radius 2 is 0.750 bits per heavy atom. The zero-order chi connectivity index (χ0) is 0. The normalized spacial score (nSPS) is 0. The molecular weight excluding hydrogens is 249 g/mol. The second-order valence-corrected chi connectivity index (χ2v) is 0. The molecule has 0 rings (SSSR count). The van der Waals surface area contributed by atoms with Crippen LogP contribution in [0.3, 0.4) is 0 Å². The molecule has 0 amide bonds. The van der Waals surface area contributed by atoms with Gasteiger partial charge in [-0.15, -0.1) is 17.0 Å². The van der Waals surface area contributed by atoms with Crippen LogP contribution >= 0.6 is 17.0 Å². The van der Waals surface area contributed by atoms with Gasteiger partial charge >= 0.3 is 48.9 Å². The summed E-state index contributed by atoms with van der Waals surface area (Å²) in [5.41, 5.74) is 0. The summed E-state index contributed by atoms with van der Waals surface area (Å²) in [5, 5.41) is 0. The van der Waals surface area contributed by atoms with E-state index in [2.05, 4.69) is 0 Å². The summed E-state index contributed by atoms with van der Waals surface area (Å²) in [6.45, 7) is 0. The minimum atomic E-state index is 0. The zero-order valence-electron chi connectivity index (χ0n) is 1.41. The molecule has 0 atom stereocenters. The van der Waals surface area contributed by atoms with Gasteiger partial charge in [0.05, 0.1) is 0 Å². The first kappa shape index (κ1) is 38.0. The van der Waals surface area contributed by atoms with Crippen molar-refractivity contribution in [3.05, 3.63) is 0 Å². The van der Waals surface area contributed by atoms with Gasteiger partial charge < -0.3 is 11.0 Å². The van der Waals surface area contributed by atoms with Crippen LogP contribution in [0.1, 0.15) is 0 Å². The molecule has 28 valence electrons. The molecule has 0 unspecified atom stereocenters. The Hall–Kier alpha value is 1.97. The van der Waals surface area contributed by atoms with Crippen molar-refractivity contribution in [2.24, 2.45) is 0 Å². The fourth-order valence-corrected chi connectivity index (χ4v) is 0. The van der Waals surface area contributed by atoms with Crippen molar-refractivity contribution in [1.82, 2.24) is 0 Å². The van der Waals surface area contributed by atoms with Gasteiger partial charge in [0.2, 0.25) is 0 Å². The second-order valence-electron chi connectivity index (χ2n) is 0. The third-order valence-corrected chi connectivity index (χ3v) is 0. The van der Waals surface area contributed by atoms with Gasteiger partial charge in [0.25, 0.3) is 0 Å². The molecule has 4 heteroatoms. The van der Waals surface area contributed by atoms with Crippen molar-refractivity contribution in [3.63, 3.8) is 0 Å². The van der Waals surface area contributed by atoms with Gasteiger partial charge in [0.15, 0.2) is 0 Å². The maximum atomic E-state index is 0. The summed E-state index contributed by atoms with van der Waals surface area (Å²) >= 11 is 0. The molecule has 0 saturated carbocycles. The number of rotatable bonds is 0. The molecule has 4 heavy (non-hydrogen) atoms. The summed E-state index contributed by atoms with van der Waals surface area (Å²) in [4.78, 5) is 0. The van der Waals surface area contributed by atoms with Crippen molar-refractivity contribution in [2.75, 3.05) is 0 Å². The van der Waals surface area contributed by atoms with E-state index in [1.54, 1.807) is 0 Å². The van der Waals surface area contributed by atoms with E-state index in [9.17, 15) is 0 Å². The Labute approximate surface area is 75.4 Å². The monoisotopic (exact) mass is 256 g/mol. The van der Waals surface area contributed by atoms with E-state index >= 15 is 0 Å². The fourth-order valence-electron chi connectivity index (χ4n) is 0. The van der Waals surface area contributed by atoms with Crippen LogP contribution in [-0.4, -0.2) is 59.8 Å². The molecule has 0 fully saturated rings. The standard InChI is InChI=1S/Ba.BrH.2H2O.2H/h;1H;2*1H2;;. The van der Waals surface area contributed by atoms with Gasteiger partial charge in [-0.25, -0.2) is 0 Å². The van der Waals surface area contributed by atoms with Crippen LogP contribution < -0.4 is 0 Å². The van der Waals surface area contributed by atoms with E-state index in [4.69, 9.17) is 0 Å². The topological polar surface area (TPSA) is 63.0 Å². The second kappa shape index (κ2) is 20.2. The van der Waals surface area contributed by atoms with Crippen LogP contribution in [-0.2, 0) is 0 Å². The molecule has 0 aliphatic carbocycles. The quantitative estimate of drug-likeness (QED) is 0.451. The Bertz CT molecular complexity index is 6.00. The van der Waals surface area contributed by atoms with Crippen LogP contribution in [0.15, 0.2) is 0 Å². The molecule has 0 saturated heterocycles. The van der Waals surface area contributed by atoms with Crippen LogP contribution in [0.5, 0.6) is 0 Å². The summed E-state index contributed by atoms with van der Waals surface area (Å²) in [6.07, 6.45) is 0. The van der Waals surface area contributed by atoms with Crippen molar-refractivity contribution in [1.29, 1.82) is 0 Å². The van der Waals surface area contributed by atoms with Crippen molar-refractivity contribution < 1.29 is 11.0 Å². The van der Waals surface area contributed by atoms with Crippen LogP contribution in [0.25, 0.3) is 0 Å². The van der Waals surface area contributed by atoms with Gasteiger partial charge in [0, 0.05) is 0 Å². The Morgan fingerprint density at radius 3 is 0.750 bits per heavy atom. The predicted molar refractivity (Wildman–Crippen MR) is 26.1 cm³/mol. The minimum absolute atomic E-state index is 0.